The minimum absolute atomic E-state index is 0.118. The van der Waals surface area contributed by atoms with Crippen LogP contribution in [-0.2, 0) is 26.2 Å². The number of carbonyl (C=O) groups excluding carboxylic acids is 2. The van der Waals surface area contributed by atoms with Crippen LogP contribution in [0.5, 0.6) is 0 Å². The SMILES string of the molecule is CC[C@@H](C(=O)NC1CCCC1)N(Cc1cccs1)C(=O)CNS(=O)(=O)c1ccc(F)cc1. The summed E-state index contributed by atoms with van der Waals surface area (Å²) in [5.41, 5.74) is 0. The first-order chi connectivity index (χ1) is 15.3. The molecule has 3 rings (SSSR count). The fraction of sp³-hybridized carbons (Fsp3) is 0.455. The van der Waals surface area contributed by atoms with Gasteiger partial charge in [0, 0.05) is 10.9 Å². The van der Waals surface area contributed by atoms with Crippen molar-refractivity contribution >= 4 is 33.2 Å². The maximum atomic E-state index is 13.1. The number of amides is 2. The van der Waals surface area contributed by atoms with Crippen LogP contribution in [0.1, 0.15) is 43.9 Å². The summed E-state index contributed by atoms with van der Waals surface area (Å²) in [4.78, 5) is 28.3. The first-order valence-corrected chi connectivity index (χ1v) is 13.0. The van der Waals surface area contributed by atoms with Gasteiger partial charge in [0.1, 0.15) is 11.9 Å². The Morgan fingerprint density at radius 3 is 2.47 bits per heavy atom. The van der Waals surface area contributed by atoms with Crippen LogP contribution in [0.15, 0.2) is 46.7 Å². The highest BCUT2D eigenvalue weighted by atomic mass is 32.2. The number of hydrogen-bond donors (Lipinski definition) is 2. The Labute approximate surface area is 192 Å². The molecule has 32 heavy (non-hydrogen) atoms. The summed E-state index contributed by atoms with van der Waals surface area (Å²) in [5, 5.41) is 4.93. The highest BCUT2D eigenvalue weighted by Crippen LogP contribution is 2.20. The quantitative estimate of drug-likeness (QED) is 0.545. The van der Waals surface area contributed by atoms with Crippen LogP contribution in [-0.4, -0.2) is 43.8 Å². The second kappa shape index (κ2) is 11.0. The van der Waals surface area contributed by atoms with Crippen LogP contribution in [0.4, 0.5) is 4.39 Å². The zero-order valence-electron chi connectivity index (χ0n) is 17.9. The molecule has 1 aromatic heterocycles. The van der Waals surface area contributed by atoms with Crippen molar-refractivity contribution in [3.05, 3.63) is 52.5 Å². The first kappa shape index (κ1) is 24.3. The van der Waals surface area contributed by atoms with Gasteiger partial charge in [0.25, 0.3) is 0 Å². The van der Waals surface area contributed by atoms with E-state index in [1.165, 1.54) is 16.2 Å². The predicted molar refractivity (Wildman–Crippen MR) is 121 cm³/mol. The summed E-state index contributed by atoms with van der Waals surface area (Å²) in [6.07, 6.45) is 4.41. The topological polar surface area (TPSA) is 95.6 Å². The van der Waals surface area contributed by atoms with E-state index in [9.17, 15) is 22.4 Å². The molecule has 1 aliphatic rings. The molecule has 1 saturated carbocycles. The molecule has 0 spiro atoms. The van der Waals surface area contributed by atoms with Gasteiger partial charge in [-0.2, -0.15) is 0 Å². The molecule has 1 fully saturated rings. The Balaban J connectivity index is 1.73. The van der Waals surface area contributed by atoms with Crippen LogP contribution in [0, 0.1) is 5.82 Å². The van der Waals surface area contributed by atoms with Crippen molar-refractivity contribution in [1.82, 2.24) is 14.9 Å². The van der Waals surface area contributed by atoms with Crippen molar-refractivity contribution in [3.8, 4) is 0 Å². The van der Waals surface area contributed by atoms with E-state index < -0.39 is 34.3 Å². The summed E-state index contributed by atoms with van der Waals surface area (Å²) in [7, 11) is -4.00. The lowest BCUT2D eigenvalue weighted by Crippen LogP contribution is -2.52. The number of hydrogen-bond acceptors (Lipinski definition) is 5. The van der Waals surface area contributed by atoms with Gasteiger partial charge < -0.3 is 10.2 Å². The summed E-state index contributed by atoms with van der Waals surface area (Å²) in [6.45, 7) is 1.54. The Hall–Kier alpha value is -2.30. The van der Waals surface area contributed by atoms with E-state index in [0.29, 0.717) is 6.42 Å². The zero-order chi connectivity index (χ0) is 23.1. The largest absolute Gasteiger partial charge is 0.352 e. The van der Waals surface area contributed by atoms with Gasteiger partial charge in [-0.3, -0.25) is 9.59 Å². The molecule has 2 amide bonds. The van der Waals surface area contributed by atoms with Gasteiger partial charge in [-0.1, -0.05) is 25.8 Å². The Bertz CT molecular complexity index is 1000. The molecule has 1 aromatic carbocycles. The molecule has 0 saturated heterocycles. The van der Waals surface area contributed by atoms with Gasteiger partial charge in [0.2, 0.25) is 21.8 Å². The molecule has 0 unspecified atom stereocenters. The minimum Gasteiger partial charge on any atom is -0.352 e. The standard InChI is InChI=1S/C22H28FN3O4S2/c1-2-20(22(28)25-17-6-3-4-7-17)26(15-18-8-5-13-31-18)21(27)14-24-32(29,30)19-11-9-16(23)10-12-19/h5,8-13,17,20,24H,2-4,6-7,14-15H2,1H3,(H,25,28)/t20-/m0/s1. The highest BCUT2D eigenvalue weighted by Gasteiger charge is 2.31. The fourth-order valence-corrected chi connectivity index (χ4v) is 5.49. The summed E-state index contributed by atoms with van der Waals surface area (Å²) >= 11 is 1.46. The van der Waals surface area contributed by atoms with Crippen LogP contribution < -0.4 is 10.0 Å². The zero-order valence-corrected chi connectivity index (χ0v) is 19.6. The number of halogens is 1. The average Bonchev–Trinajstić information content (AvgIpc) is 3.46. The molecule has 0 radical (unpaired) electrons. The van der Waals surface area contributed by atoms with Gasteiger partial charge in [0.05, 0.1) is 18.0 Å². The Morgan fingerprint density at radius 2 is 1.88 bits per heavy atom. The van der Waals surface area contributed by atoms with E-state index in [4.69, 9.17) is 0 Å². The summed E-state index contributed by atoms with van der Waals surface area (Å²) < 4.78 is 40.4. The summed E-state index contributed by atoms with van der Waals surface area (Å²) in [6, 6.07) is 7.49. The van der Waals surface area contributed by atoms with Gasteiger partial charge in [-0.05, 0) is 55.0 Å². The molecule has 1 atom stereocenters. The van der Waals surface area contributed by atoms with E-state index >= 15 is 0 Å². The van der Waals surface area contributed by atoms with Gasteiger partial charge in [-0.25, -0.2) is 17.5 Å². The maximum Gasteiger partial charge on any atom is 0.243 e. The van der Waals surface area contributed by atoms with Crippen molar-refractivity contribution in [2.75, 3.05) is 6.54 Å². The first-order valence-electron chi connectivity index (χ1n) is 10.7. The van der Waals surface area contributed by atoms with Gasteiger partial charge >= 0.3 is 0 Å². The number of sulfonamides is 1. The molecular formula is C22H28FN3O4S2. The smallest absolute Gasteiger partial charge is 0.243 e. The van der Waals surface area contributed by atoms with Crippen molar-refractivity contribution < 1.29 is 22.4 Å². The molecule has 2 aromatic rings. The molecule has 0 aliphatic heterocycles. The van der Waals surface area contributed by atoms with E-state index in [0.717, 1.165) is 54.8 Å². The molecule has 0 bridgehead atoms. The second-order valence-electron chi connectivity index (χ2n) is 7.79. The third-order valence-corrected chi connectivity index (χ3v) is 7.81. The lowest BCUT2D eigenvalue weighted by molar-refractivity contribution is -0.140. The van der Waals surface area contributed by atoms with Crippen LogP contribution in [0.25, 0.3) is 0 Å². The van der Waals surface area contributed by atoms with Crippen molar-refractivity contribution in [2.24, 2.45) is 0 Å². The Kier molecular flexibility index (Phi) is 8.38. The molecule has 1 aliphatic carbocycles. The molecule has 7 nitrogen and oxygen atoms in total. The van der Waals surface area contributed by atoms with E-state index in [1.807, 2.05) is 24.4 Å². The third-order valence-electron chi connectivity index (χ3n) is 5.53. The van der Waals surface area contributed by atoms with Crippen molar-refractivity contribution in [3.63, 3.8) is 0 Å². The van der Waals surface area contributed by atoms with Gasteiger partial charge in [-0.15, -0.1) is 11.3 Å². The fourth-order valence-electron chi connectivity index (χ4n) is 3.81. The van der Waals surface area contributed by atoms with E-state index in [-0.39, 0.29) is 23.4 Å². The second-order valence-corrected chi connectivity index (χ2v) is 10.6. The van der Waals surface area contributed by atoms with Crippen LogP contribution in [0.2, 0.25) is 0 Å². The van der Waals surface area contributed by atoms with E-state index in [2.05, 4.69) is 10.0 Å². The normalized spacial score (nSPS) is 15.4. The molecule has 2 N–H and O–H groups in total. The maximum absolute atomic E-state index is 13.1. The minimum atomic E-state index is -4.00. The third kappa shape index (κ3) is 6.36. The lowest BCUT2D eigenvalue weighted by Gasteiger charge is -2.31. The molecule has 10 heteroatoms. The number of nitrogens with one attached hydrogen (secondary N) is 2. The Morgan fingerprint density at radius 1 is 1.19 bits per heavy atom. The average molecular weight is 482 g/mol. The number of thiophene rings is 1. The number of nitrogens with zero attached hydrogens (tertiary/aromatic N) is 1. The van der Waals surface area contributed by atoms with E-state index in [1.54, 1.807) is 0 Å². The molecular weight excluding hydrogens is 453 g/mol. The predicted octanol–water partition coefficient (Wildman–Crippen LogP) is 3.03. The number of benzene rings is 1. The van der Waals surface area contributed by atoms with Gasteiger partial charge in [0.15, 0.2) is 0 Å². The van der Waals surface area contributed by atoms with Crippen molar-refractivity contribution in [1.29, 1.82) is 0 Å². The molecule has 174 valence electrons. The van der Waals surface area contributed by atoms with Crippen LogP contribution >= 0.6 is 11.3 Å². The highest BCUT2D eigenvalue weighted by molar-refractivity contribution is 7.89. The summed E-state index contributed by atoms with van der Waals surface area (Å²) in [5.74, 6) is -1.27. The molecule has 1 heterocycles. The van der Waals surface area contributed by atoms with Crippen molar-refractivity contribution in [2.45, 2.75) is 62.6 Å². The monoisotopic (exact) mass is 481 g/mol. The number of rotatable bonds is 10. The lowest BCUT2D eigenvalue weighted by atomic mass is 10.1. The van der Waals surface area contributed by atoms with Crippen LogP contribution in [0.3, 0.4) is 0 Å². The number of carbonyl (C=O) groups is 2.